The molecule has 6 nitrogen and oxygen atoms in total. The van der Waals surface area contributed by atoms with Crippen LogP contribution in [0.5, 0.6) is 0 Å². The van der Waals surface area contributed by atoms with E-state index >= 15 is 0 Å². The van der Waals surface area contributed by atoms with Gasteiger partial charge in [-0.3, -0.25) is 9.69 Å². The molecule has 2 fully saturated rings. The molecular formula is C26H28F3N5O. The first kappa shape index (κ1) is 23.6. The molecule has 2 aliphatic rings. The van der Waals surface area contributed by atoms with Crippen LogP contribution in [0.1, 0.15) is 21.5 Å². The number of pyridine rings is 1. The standard InChI is InChI=1S/C26H28F3N5O/c27-26(28,29)22-5-1-19(2-6-22)18-32-13-15-34(16-14-32)25(35)21-3-7-23-20(17-21)4-8-24(31-23)33-11-9-30-10-12-33/h1-8,17,30H,9-16,18H2. The maximum Gasteiger partial charge on any atom is 0.416 e. The second kappa shape index (κ2) is 9.83. The lowest BCUT2D eigenvalue weighted by Crippen LogP contribution is -2.48. The van der Waals surface area contributed by atoms with Gasteiger partial charge in [0.2, 0.25) is 0 Å². The molecule has 2 aromatic carbocycles. The number of piperazine rings is 2. The van der Waals surface area contributed by atoms with Gasteiger partial charge in [-0.1, -0.05) is 12.1 Å². The molecule has 0 unspecified atom stereocenters. The number of carbonyl (C=O) groups is 1. The Hall–Kier alpha value is -3.17. The number of nitrogens with zero attached hydrogens (tertiary/aromatic N) is 4. The van der Waals surface area contributed by atoms with Crippen LogP contribution in [0.4, 0.5) is 19.0 Å². The molecule has 3 aromatic rings. The topological polar surface area (TPSA) is 51.7 Å². The average Bonchev–Trinajstić information content (AvgIpc) is 2.88. The van der Waals surface area contributed by atoms with Crippen LogP contribution in [0.15, 0.2) is 54.6 Å². The van der Waals surface area contributed by atoms with Crippen LogP contribution in [0, 0.1) is 0 Å². The summed E-state index contributed by atoms with van der Waals surface area (Å²) in [6.45, 7) is 6.84. The Morgan fingerprint density at radius 1 is 0.886 bits per heavy atom. The molecule has 184 valence electrons. The summed E-state index contributed by atoms with van der Waals surface area (Å²) in [6, 6.07) is 15.0. The molecule has 2 saturated heterocycles. The summed E-state index contributed by atoms with van der Waals surface area (Å²) >= 11 is 0. The number of carbonyl (C=O) groups excluding carboxylic acids is 1. The zero-order valence-corrected chi connectivity index (χ0v) is 19.4. The van der Waals surface area contributed by atoms with Crippen LogP contribution in [0.25, 0.3) is 10.9 Å². The van der Waals surface area contributed by atoms with Gasteiger partial charge in [-0.2, -0.15) is 13.2 Å². The van der Waals surface area contributed by atoms with E-state index in [0.29, 0.717) is 38.3 Å². The molecular weight excluding hydrogens is 455 g/mol. The Morgan fingerprint density at radius 2 is 1.60 bits per heavy atom. The van der Waals surface area contributed by atoms with Gasteiger partial charge in [0.15, 0.2) is 0 Å². The molecule has 0 bridgehead atoms. The SMILES string of the molecule is O=C(c1ccc2nc(N3CCNCC3)ccc2c1)N1CCN(Cc2ccc(C(F)(F)F)cc2)CC1. The fourth-order valence-electron chi connectivity index (χ4n) is 4.67. The van der Waals surface area contributed by atoms with Gasteiger partial charge in [-0.05, 0) is 48.0 Å². The third-order valence-corrected chi connectivity index (χ3v) is 6.71. The first-order valence-electron chi connectivity index (χ1n) is 11.9. The highest BCUT2D eigenvalue weighted by Crippen LogP contribution is 2.29. The molecule has 1 amide bonds. The van der Waals surface area contributed by atoms with Gasteiger partial charge in [0, 0.05) is 69.9 Å². The molecule has 2 aliphatic heterocycles. The quantitative estimate of drug-likeness (QED) is 0.615. The highest BCUT2D eigenvalue weighted by molar-refractivity contribution is 5.98. The van der Waals surface area contributed by atoms with Crippen molar-refractivity contribution in [3.63, 3.8) is 0 Å². The van der Waals surface area contributed by atoms with Crippen molar-refractivity contribution in [3.8, 4) is 0 Å². The summed E-state index contributed by atoms with van der Waals surface area (Å²) in [5, 5.41) is 4.28. The van der Waals surface area contributed by atoms with Gasteiger partial charge in [0.1, 0.15) is 5.82 Å². The molecule has 0 atom stereocenters. The Kier molecular flexibility index (Phi) is 6.62. The van der Waals surface area contributed by atoms with Crippen molar-refractivity contribution in [2.75, 3.05) is 57.3 Å². The lowest BCUT2D eigenvalue weighted by Gasteiger charge is -2.35. The number of amides is 1. The van der Waals surface area contributed by atoms with Gasteiger partial charge < -0.3 is 15.1 Å². The van der Waals surface area contributed by atoms with Gasteiger partial charge in [-0.25, -0.2) is 4.98 Å². The number of fused-ring (bicyclic) bond motifs is 1. The van der Waals surface area contributed by atoms with Crippen molar-refractivity contribution >= 4 is 22.6 Å². The van der Waals surface area contributed by atoms with Crippen LogP contribution in [-0.4, -0.2) is 73.0 Å². The molecule has 3 heterocycles. The fourth-order valence-corrected chi connectivity index (χ4v) is 4.67. The maximum absolute atomic E-state index is 13.1. The highest BCUT2D eigenvalue weighted by atomic mass is 19.4. The number of hydrogen-bond acceptors (Lipinski definition) is 5. The highest BCUT2D eigenvalue weighted by Gasteiger charge is 2.30. The summed E-state index contributed by atoms with van der Waals surface area (Å²) in [7, 11) is 0. The zero-order valence-electron chi connectivity index (χ0n) is 19.4. The second-order valence-corrected chi connectivity index (χ2v) is 9.08. The van der Waals surface area contributed by atoms with Gasteiger partial charge in [0.05, 0.1) is 11.1 Å². The summed E-state index contributed by atoms with van der Waals surface area (Å²) in [5.74, 6) is 0.953. The van der Waals surface area contributed by atoms with Gasteiger partial charge >= 0.3 is 6.18 Å². The minimum atomic E-state index is -4.32. The lowest BCUT2D eigenvalue weighted by atomic mass is 10.1. The molecule has 0 spiro atoms. The third kappa shape index (κ3) is 5.41. The summed E-state index contributed by atoms with van der Waals surface area (Å²) in [6.07, 6.45) is -4.32. The largest absolute Gasteiger partial charge is 0.416 e. The van der Waals surface area contributed by atoms with Crippen molar-refractivity contribution < 1.29 is 18.0 Å². The predicted molar refractivity (Wildman–Crippen MR) is 129 cm³/mol. The number of benzene rings is 2. The van der Waals surface area contributed by atoms with E-state index in [1.165, 1.54) is 12.1 Å². The first-order valence-corrected chi connectivity index (χ1v) is 11.9. The van der Waals surface area contributed by atoms with Crippen LogP contribution < -0.4 is 10.2 Å². The Morgan fingerprint density at radius 3 is 2.29 bits per heavy atom. The van der Waals surface area contributed by atoms with Crippen LogP contribution in [0.3, 0.4) is 0 Å². The number of nitrogens with one attached hydrogen (secondary N) is 1. The number of anilines is 1. The van der Waals surface area contributed by atoms with E-state index in [2.05, 4.69) is 15.1 Å². The molecule has 5 rings (SSSR count). The summed E-state index contributed by atoms with van der Waals surface area (Å²) < 4.78 is 38.3. The molecule has 35 heavy (non-hydrogen) atoms. The molecule has 9 heteroatoms. The first-order chi connectivity index (χ1) is 16.9. The number of halogens is 3. The monoisotopic (exact) mass is 483 g/mol. The zero-order chi connectivity index (χ0) is 24.4. The van der Waals surface area contributed by atoms with E-state index in [0.717, 1.165) is 60.6 Å². The smallest absolute Gasteiger partial charge is 0.354 e. The van der Waals surface area contributed by atoms with E-state index in [-0.39, 0.29) is 5.91 Å². The van der Waals surface area contributed by atoms with E-state index in [4.69, 9.17) is 4.98 Å². The molecule has 0 aliphatic carbocycles. The van der Waals surface area contributed by atoms with Crippen molar-refractivity contribution in [3.05, 3.63) is 71.3 Å². The Balaban J connectivity index is 1.19. The lowest BCUT2D eigenvalue weighted by molar-refractivity contribution is -0.137. The average molecular weight is 484 g/mol. The summed E-state index contributed by atoms with van der Waals surface area (Å²) in [5.41, 5.74) is 1.71. The number of alkyl halides is 3. The van der Waals surface area contributed by atoms with Crippen molar-refractivity contribution in [2.45, 2.75) is 12.7 Å². The van der Waals surface area contributed by atoms with Crippen molar-refractivity contribution in [2.24, 2.45) is 0 Å². The van der Waals surface area contributed by atoms with E-state index < -0.39 is 11.7 Å². The minimum Gasteiger partial charge on any atom is -0.354 e. The van der Waals surface area contributed by atoms with E-state index in [9.17, 15) is 18.0 Å². The Labute approximate surface area is 202 Å². The van der Waals surface area contributed by atoms with Crippen molar-refractivity contribution in [1.29, 1.82) is 0 Å². The number of aromatic nitrogens is 1. The predicted octanol–water partition coefficient (Wildman–Crippen LogP) is 3.62. The Bertz CT molecular complexity index is 1180. The third-order valence-electron chi connectivity index (χ3n) is 6.71. The fraction of sp³-hybridized carbons (Fsp3) is 0.385. The van der Waals surface area contributed by atoms with Gasteiger partial charge in [0.25, 0.3) is 5.91 Å². The van der Waals surface area contributed by atoms with Crippen LogP contribution in [0.2, 0.25) is 0 Å². The molecule has 1 N–H and O–H groups in total. The molecule has 0 radical (unpaired) electrons. The van der Waals surface area contributed by atoms with E-state index in [1.54, 1.807) is 0 Å². The molecule has 0 saturated carbocycles. The maximum atomic E-state index is 13.1. The normalized spacial score (nSPS) is 17.7. The number of rotatable bonds is 4. The summed E-state index contributed by atoms with van der Waals surface area (Å²) in [4.78, 5) is 24.2. The van der Waals surface area contributed by atoms with E-state index in [1.807, 2.05) is 35.2 Å². The molecule has 1 aromatic heterocycles. The van der Waals surface area contributed by atoms with Crippen molar-refractivity contribution in [1.82, 2.24) is 20.1 Å². The van der Waals surface area contributed by atoms with Crippen LogP contribution >= 0.6 is 0 Å². The number of hydrogen-bond donors (Lipinski definition) is 1. The van der Waals surface area contributed by atoms with Crippen LogP contribution in [-0.2, 0) is 12.7 Å². The van der Waals surface area contributed by atoms with Gasteiger partial charge in [-0.15, -0.1) is 0 Å². The second-order valence-electron chi connectivity index (χ2n) is 9.08. The minimum absolute atomic E-state index is 0.00717.